The van der Waals surface area contributed by atoms with Crippen molar-refractivity contribution >= 4 is 0 Å². The largest absolute Gasteiger partial charge is 0.497 e. The van der Waals surface area contributed by atoms with Crippen molar-refractivity contribution in [3.63, 3.8) is 0 Å². The predicted molar refractivity (Wildman–Crippen MR) is 72.7 cm³/mol. The Kier molecular flexibility index (Phi) is 5.16. The van der Waals surface area contributed by atoms with E-state index in [1.807, 2.05) is 0 Å². The molecule has 106 valence electrons. The maximum absolute atomic E-state index is 13.9. The number of hydrogen-bond acceptors (Lipinski definition) is 3. The van der Waals surface area contributed by atoms with Crippen LogP contribution in [-0.4, -0.2) is 36.3 Å². The van der Waals surface area contributed by atoms with Crippen molar-refractivity contribution in [2.24, 2.45) is 0 Å². The summed E-state index contributed by atoms with van der Waals surface area (Å²) < 4.78 is 19.0. The lowest BCUT2D eigenvalue weighted by Crippen LogP contribution is -2.40. The maximum Gasteiger partial charge on any atom is 0.131 e. The number of nitrogens with zero attached hydrogens (tertiary/aromatic N) is 1. The zero-order valence-corrected chi connectivity index (χ0v) is 11.4. The summed E-state index contributed by atoms with van der Waals surface area (Å²) in [6, 6.07) is 5.57. The average Bonchev–Trinajstić information content (AvgIpc) is 2.36. The summed E-state index contributed by atoms with van der Waals surface area (Å²) in [5.41, 5.74) is 0.700. The molecule has 0 saturated heterocycles. The van der Waals surface area contributed by atoms with Gasteiger partial charge in [-0.1, -0.05) is 12.5 Å². The second-order valence-electron chi connectivity index (χ2n) is 5.09. The van der Waals surface area contributed by atoms with Crippen LogP contribution in [0.1, 0.15) is 31.2 Å². The fourth-order valence-electron chi connectivity index (χ4n) is 2.42. The predicted octanol–water partition coefficient (Wildman–Crippen LogP) is 2.57. The van der Waals surface area contributed by atoms with Crippen molar-refractivity contribution in [3.8, 4) is 5.75 Å². The zero-order chi connectivity index (χ0) is 13.7. The van der Waals surface area contributed by atoms with E-state index in [2.05, 4.69) is 4.90 Å². The number of benzene rings is 1. The maximum atomic E-state index is 13.9. The highest BCUT2D eigenvalue weighted by Crippen LogP contribution is 2.27. The molecule has 1 N–H and O–H groups in total. The molecule has 0 aliphatic heterocycles. The van der Waals surface area contributed by atoms with E-state index < -0.39 is 0 Å². The zero-order valence-electron chi connectivity index (χ0n) is 11.4. The van der Waals surface area contributed by atoms with Crippen molar-refractivity contribution in [2.45, 2.75) is 38.3 Å². The summed E-state index contributed by atoms with van der Waals surface area (Å²) in [6.45, 7) is 1.63. The van der Waals surface area contributed by atoms with E-state index in [4.69, 9.17) is 9.84 Å². The summed E-state index contributed by atoms with van der Waals surface area (Å²) in [4.78, 5) is 2.28. The molecule has 1 aromatic rings. The van der Waals surface area contributed by atoms with Gasteiger partial charge in [0.2, 0.25) is 0 Å². The average molecular weight is 267 g/mol. The van der Waals surface area contributed by atoms with Crippen molar-refractivity contribution in [2.75, 3.05) is 20.3 Å². The molecule has 0 radical (unpaired) electrons. The van der Waals surface area contributed by atoms with Crippen LogP contribution in [0.25, 0.3) is 0 Å². The summed E-state index contributed by atoms with van der Waals surface area (Å²) in [5.74, 6) is 0.333. The van der Waals surface area contributed by atoms with Gasteiger partial charge in [0.25, 0.3) is 0 Å². The second-order valence-corrected chi connectivity index (χ2v) is 5.09. The van der Waals surface area contributed by atoms with Gasteiger partial charge in [0.1, 0.15) is 11.6 Å². The van der Waals surface area contributed by atoms with Gasteiger partial charge in [-0.05, 0) is 25.3 Å². The summed E-state index contributed by atoms with van der Waals surface area (Å²) >= 11 is 0. The highest BCUT2D eigenvalue weighted by molar-refractivity contribution is 5.28. The smallest absolute Gasteiger partial charge is 0.131 e. The Bertz CT molecular complexity index is 407. The molecule has 1 aliphatic carbocycles. The fourth-order valence-corrected chi connectivity index (χ4v) is 2.42. The van der Waals surface area contributed by atoms with Gasteiger partial charge in [0.05, 0.1) is 7.11 Å². The number of ether oxygens (including phenoxy) is 1. The Balaban J connectivity index is 2.02. The van der Waals surface area contributed by atoms with Crippen LogP contribution in [0.3, 0.4) is 0 Å². The number of aliphatic hydroxyl groups excluding tert-OH is 1. The Morgan fingerprint density at radius 3 is 2.74 bits per heavy atom. The van der Waals surface area contributed by atoms with Crippen LogP contribution in [-0.2, 0) is 6.54 Å². The normalized spacial score (nSPS) is 15.6. The van der Waals surface area contributed by atoms with Gasteiger partial charge in [-0.2, -0.15) is 0 Å². The van der Waals surface area contributed by atoms with E-state index >= 15 is 0 Å². The van der Waals surface area contributed by atoms with Gasteiger partial charge < -0.3 is 9.84 Å². The standard InChI is InChI=1S/C15H22FNO2/c1-19-14-7-6-12(15(16)10-14)11-17(8-3-9-18)13-4-2-5-13/h6-7,10,13,18H,2-5,8-9,11H2,1H3. The quantitative estimate of drug-likeness (QED) is 0.824. The first-order chi connectivity index (χ1) is 9.24. The SMILES string of the molecule is COc1ccc(CN(CCCO)C2CCC2)c(F)c1. The van der Waals surface area contributed by atoms with E-state index in [0.29, 0.717) is 23.9 Å². The molecule has 3 nitrogen and oxygen atoms in total. The van der Waals surface area contributed by atoms with Crippen molar-refractivity contribution < 1.29 is 14.2 Å². The molecular weight excluding hydrogens is 245 g/mol. The molecule has 0 bridgehead atoms. The van der Waals surface area contributed by atoms with E-state index in [-0.39, 0.29) is 12.4 Å². The lowest BCUT2D eigenvalue weighted by molar-refractivity contribution is 0.108. The summed E-state index contributed by atoms with van der Waals surface area (Å²) in [5, 5.41) is 8.96. The third kappa shape index (κ3) is 3.67. The van der Waals surface area contributed by atoms with Gasteiger partial charge in [-0.3, -0.25) is 4.90 Å². The first kappa shape index (κ1) is 14.3. The summed E-state index contributed by atoms with van der Waals surface area (Å²) in [6.07, 6.45) is 4.37. The minimum atomic E-state index is -0.215. The Hall–Kier alpha value is -1.13. The van der Waals surface area contributed by atoms with Gasteiger partial charge in [-0.15, -0.1) is 0 Å². The van der Waals surface area contributed by atoms with Gasteiger partial charge in [0.15, 0.2) is 0 Å². The van der Waals surface area contributed by atoms with Crippen LogP contribution in [0, 0.1) is 5.82 Å². The number of aliphatic hydroxyl groups is 1. The molecule has 0 heterocycles. The van der Waals surface area contributed by atoms with Gasteiger partial charge in [-0.25, -0.2) is 4.39 Å². The molecule has 0 aromatic heterocycles. The first-order valence-electron chi connectivity index (χ1n) is 6.92. The van der Waals surface area contributed by atoms with Crippen LogP contribution in [0.5, 0.6) is 5.75 Å². The van der Waals surface area contributed by atoms with E-state index in [9.17, 15) is 4.39 Å². The molecule has 0 atom stereocenters. The Morgan fingerprint density at radius 2 is 2.21 bits per heavy atom. The molecule has 4 heteroatoms. The molecule has 1 aliphatic rings. The van der Waals surface area contributed by atoms with Crippen molar-refractivity contribution in [1.29, 1.82) is 0 Å². The highest BCUT2D eigenvalue weighted by atomic mass is 19.1. The number of rotatable bonds is 7. The molecule has 2 rings (SSSR count). The third-order valence-corrected chi connectivity index (χ3v) is 3.83. The monoisotopic (exact) mass is 267 g/mol. The molecule has 1 fully saturated rings. The molecule has 1 aromatic carbocycles. The number of hydrogen-bond donors (Lipinski definition) is 1. The lowest BCUT2D eigenvalue weighted by atomic mass is 9.91. The van der Waals surface area contributed by atoms with Gasteiger partial charge in [0, 0.05) is 37.4 Å². The molecule has 1 saturated carbocycles. The highest BCUT2D eigenvalue weighted by Gasteiger charge is 2.25. The van der Waals surface area contributed by atoms with Gasteiger partial charge >= 0.3 is 0 Å². The molecule has 19 heavy (non-hydrogen) atoms. The molecule has 0 spiro atoms. The van der Waals surface area contributed by atoms with Crippen molar-refractivity contribution in [1.82, 2.24) is 4.90 Å². The Labute approximate surface area is 114 Å². The number of methoxy groups -OCH3 is 1. The number of halogens is 1. The van der Waals surface area contributed by atoms with E-state index in [1.165, 1.54) is 32.4 Å². The first-order valence-corrected chi connectivity index (χ1v) is 6.92. The van der Waals surface area contributed by atoms with E-state index in [0.717, 1.165) is 13.0 Å². The minimum absolute atomic E-state index is 0.189. The van der Waals surface area contributed by atoms with E-state index in [1.54, 1.807) is 12.1 Å². The fraction of sp³-hybridized carbons (Fsp3) is 0.600. The van der Waals surface area contributed by atoms with Crippen LogP contribution in [0.4, 0.5) is 4.39 Å². The van der Waals surface area contributed by atoms with Crippen LogP contribution in [0.15, 0.2) is 18.2 Å². The van der Waals surface area contributed by atoms with Crippen molar-refractivity contribution in [3.05, 3.63) is 29.6 Å². The summed E-state index contributed by atoms with van der Waals surface area (Å²) in [7, 11) is 1.54. The third-order valence-electron chi connectivity index (χ3n) is 3.83. The van der Waals surface area contributed by atoms with Crippen LogP contribution < -0.4 is 4.74 Å². The molecule has 0 amide bonds. The Morgan fingerprint density at radius 1 is 1.42 bits per heavy atom. The minimum Gasteiger partial charge on any atom is -0.497 e. The lowest BCUT2D eigenvalue weighted by Gasteiger charge is -2.37. The van der Waals surface area contributed by atoms with Crippen LogP contribution in [0.2, 0.25) is 0 Å². The molecule has 0 unspecified atom stereocenters. The van der Waals surface area contributed by atoms with Crippen LogP contribution >= 0.6 is 0 Å². The second kappa shape index (κ2) is 6.87. The molecular formula is C15H22FNO2. The topological polar surface area (TPSA) is 32.7 Å².